The highest BCUT2D eigenvalue weighted by Crippen LogP contribution is 2.28. The lowest BCUT2D eigenvalue weighted by Crippen LogP contribution is -2.16. The summed E-state index contributed by atoms with van der Waals surface area (Å²) in [6, 6.07) is 8.35. The summed E-state index contributed by atoms with van der Waals surface area (Å²) >= 11 is 7.16. The van der Waals surface area contributed by atoms with Gasteiger partial charge in [-0.2, -0.15) is 0 Å². The first-order valence-corrected chi connectivity index (χ1v) is 10.9. The maximum atomic E-state index is 13.7. The van der Waals surface area contributed by atoms with Crippen LogP contribution in [0, 0.1) is 18.6 Å². The second kappa shape index (κ2) is 10.1. The Balaban J connectivity index is 1.65. The number of hydrogen-bond donors (Lipinski definition) is 1. The molecule has 0 aliphatic rings. The minimum atomic E-state index is -0.833. The maximum absolute atomic E-state index is 13.7. The Morgan fingerprint density at radius 3 is 2.71 bits per heavy atom. The van der Waals surface area contributed by atoms with Crippen LogP contribution in [-0.2, 0) is 11.3 Å². The first-order valence-electron chi connectivity index (χ1n) is 9.52. The van der Waals surface area contributed by atoms with Gasteiger partial charge in [-0.3, -0.25) is 4.79 Å². The fraction of sp³-hybridized carbons (Fsp3) is 0.286. The molecule has 1 N–H and O–H groups in total. The Bertz CT molecular complexity index is 1090. The molecule has 0 spiro atoms. The molecule has 1 amide bonds. The van der Waals surface area contributed by atoms with Crippen LogP contribution in [0.15, 0.2) is 41.6 Å². The Kier molecular flexibility index (Phi) is 7.50. The van der Waals surface area contributed by atoms with Crippen LogP contribution >= 0.6 is 23.4 Å². The molecule has 0 saturated carbocycles. The van der Waals surface area contributed by atoms with E-state index in [1.807, 2.05) is 31.4 Å². The first-order chi connectivity index (χ1) is 14.8. The van der Waals surface area contributed by atoms with E-state index in [0.717, 1.165) is 11.6 Å². The zero-order valence-corrected chi connectivity index (χ0v) is 18.7. The number of rotatable bonds is 8. The molecule has 0 bridgehead atoms. The minimum absolute atomic E-state index is 0.0134. The summed E-state index contributed by atoms with van der Waals surface area (Å²) in [5.74, 6) is -0.689. The summed E-state index contributed by atoms with van der Waals surface area (Å²) in [5.41, 5.74) is 0.825. The van der Waals surface area contributed by atoms with Gasteiger partial charge in [0.05, 0.1) is 11.4 Å². The normalized spacial score (nSPS) is 11.9. The van der Waals surface area contributed by atoms with Gasteiger partial charge in [-0.05, 0) is 56.7 Å². The monoisotopic (exact) mass is 466 g/mol. The third-order valence-electron chi connectivity index (χ3n) is 4.40. The van der Waals surface area contributed by atoms with E-state index >= 15 is 0 Å². The third-order valence-corrected chi connectivity index (χ3v) is 5.61. The topological polar surface area (TPSA) is 69.0 Å². The predicted molar refractivity (Wildman–Crippen MR) is 117 cm³/mol. The average Bonchev–Trinajstić information content (AvgIpc) is 3.13. The number of benzene rings is 2. The first kappa shape index (κ1) is 23.0. The highest BCUT2D eigenvalue weighted by molar-refractivity contribution is 7.99. The Morgan fingerprint density at radius 1 is 1.26 bits per heavy atom. The number of hydrogen-bond acceptors (Lipinski definition) is 5. The fourth-order valence-corrected chi connectivity index (χ4v) is 3.94. The van der Waals surface area contributed by atoms with E-state index in [1.54, 1.807) is 12.1 Å². The van der Waals surface area contributed by atoms with Crippen LogP contribution < -0.4 is 10.1 Å². The van der Waals surface area contributed by atoms with E-state index in [2.05, 4.69) is 15.5 Å². The highest BCUT2D eigenvalue weighted by Gasteiger charge is 2.20. The number of carbonyl (C=O) groups excluding carboxylic acids is 1. The van der Waals surface area contributed by atoms with Crippen molar-refractivity contribution in [2.45, 2.75) is 38.6 Å². The molecule has 164 valence electrons. The number of ether oxygens (including phenoxy) is 1. The molecule has 31 heavy (non-hydrogen) atoms. The van der Waals surface area contributed by atoms with Crippen molar-refractivity contribution < 1.29 is 18.3 Å². The van der Waals surface area contributed by atoms with Crippen LogP contribution in [0.4, 0.5) is 14.5 Å². The van der Waals surface area contributed by atoms with Gasteiger partial charge in [0.2, 0.25) is 5.91 Å². The summed E-state index contributed by atoms with van der Waals surface area (Å²) in [6.45, 7) is 6.28. The standard InChI is InChI=1S/C21H21ClF2N4O2S/c1-4-28-20(13(3)30-18-8-5-14(22)9-12(18)2)26-27-21(28)31-11-19(29)25-17-7-6-15(23)10-16(17)24/h5-10,13H,4,11H2,1-3H3,(H,25,29). The smallest absolute Gasteiger partial charge is 0.234 e. The van der Waals surface area contributed by atoms with Crippen molar-refractivity contribution in [1.29, 1.82) is 0 Å². The van der Waals surface area contributed by atoms with E-state index in [-0.39, 0.29) is 17.5 Å². The van der Waals surface area contributed by atoms with Crippen LogP contribution in [0.25, 0.3) is 0 Å². The third kappa shape index (κ3) is 5.74. The molecular weight excluding hydrogens is 446 g/mol. The Hall–Kier alpha value is -2.65. The summed E-state index contributed by atoms with van der Waals surface area (Å²) in [6.07, 6.45) is -0.385. The van der Waals surface area contributed by atoms with Gasteiger partial charge in [-0.15, -0.1) is 10.2 Å². The van der Waals surface area contributed by atoms with E-state index in [9.17, 15) is 13.6 Å². The SMILES string of the molecule is CCn1c(SCC(=O)Nc2ccc(F)cc2F)nnc1C(C)Oc1ccc(Cl)cc1C. The van der Waals surface area contributed by atoms with Gasteiger partial charge in [0.15, 0.2) is 17.1 Å². The van der Waals surface area contributed by atoms with Gasteiger partial charge in [0, 0.05) is 17.6 Å². The molecule has 1 unspecified atom stereocenters. The molecule has 10 heteroatoms. The van der Waals surface area contributed by atoms with Crippen molar-refractivity contribution in [3.8, 4) is 5.75 Å². The largest absolute Gasteiger partial charge is 0.482 e. The zero-order valence-electron chi connectivity index (χ0n) is 17.2. The van der Waals surface area contributed by atoms with Crippen LogP contribution in [0.2, 0.25) is 5.02 Å². The van der Waals surface area contributed by atoms with Crippen molar-refractivity contribution in [3.63, 3.8) is 0 Å². The lowest BCUT2D eigenvalue weighted by atomic mass is 10.2. The van der Waals surface area contributed by atoms with Gasteiger partial charge in [0.25, 0.3) is 0 Å². The number of anilines is 1. The second-order valence-electron chi connectivity index (χ2n) is 6.72. The molecule has 0 aliphatic carbocycles. The summed E-state index contributed by atoms with van der Waals surface area (Å²) in [4.78, 5) is 12.2. The molecule has 3 rings (SSSR count). The summed E-state index contributed by atoms with van der Waals surface area (Å²) in [7, 11) is 0. The van der Waals surface area contributed by atoms with Gasteiger partial charge in [0.1, 0.15) is 17.4 Å². The number of halogens is 3. The second-order valence-corrected chi connectivity index (χ2v) is 8.09. The Morgan fingerprint density at radius 2 is 2.03 bits per heavy atom. The van der Waals surface area contributed by atoms with Gasteiger partial charge in [-0.1, -0.05) is 23.4 Å². The lowest BCUT2D eigenvalue weighted by Gasteiger charge is -2.17. The number of amides is 1. The molecule has 0 fully saturated rings. The zero-order chi connectivity index (χ0) is 22.5. The van der Waals surface area contributed by atoms with Gasteiger partial charge >= 0.3 is 0 Å². The van der Waals surface area contributed by atoms with Gasteiger partial charge < -0.3 is 14.6 Å². The highest BCUT2D eigenvalue weighted by atomic mass is 35.5. The molecular formula is C21H21ClF2N4O2S. The van der Waals surface area contributed by atoms with Crippen LogP contribution in [-0.4, -0.2) is 26.4 Å². The molecule has 6 nitrogen and oxygen atoms in total. The number of thioether (sulfide) groups is 1. The summed E-state index contributed by atoms with van der Waals surface area (Å²) < 4.78 is 34.6. The quantitative estimate of drug-likeness (QED) is 0.449. The van der Waals surface area contributed by atoms with Crippen molar-refractivity contribution >= 4 is 35.0 Å². The fourth-order valence-electron chi connectivity index (χ4n) is 2.90. The Labute approximate surface area is 188 Å². The number of carbonyl (C=O) groups is 1. The minimum Gasteiger partial charge on any atom is -0.482 e. The van der Waals surface area contributed by atoms with Crippen molar-refractivity contribution in [3.05, 3.63) is 64.4 Å². The summed E-state index contributed by atoms with van der Waals surface area (Å²) in [5, 5.41) is 12.0. The van der Waals surface area contributed by atoms with Crippen molar-refractivity contribution in [2.24, 2.45) is 0 Å². The molecule has 0 aliphatic heterocycles. The molecule has 3 aromatic rings. The number of nitrogens with zero attached hydrogens (tertiary/aromatic N) is 3. The number of aromatic nitrogens is 3. The van der Waals surface area contributed by atoms with Crippen LogP contribution in [0.1, 0.15) is 31.3 Å². The number of nitrogens with one attached hydrogen (secondary N) is 1. The molecule has 0 saturated heterocycles. The molecule has 0 radical (unpaired) electrons. The van der Waals surface area contributed by atoms with Crippen LogP contribution in [0.5, 0.6) is 5.75 Å². The maximum Gasteiger partial charge on any atom is 0.234 e. The molecule has 2 aromatic carbocycles. The van der Waals surface area contributed by atoms with E-state index < -0.39 is 17.5 Å². The van der Waals surface area contributed by atoms with Crippen molar-refractivity contribution in [1.82, 2.24) is 14.8 Å². The van der Waals surface area contributed by atoms with E-state index in [4.69, 9.17) is 16.3 Å². The average molecular weight is 467 g/mol. The van der Waals surface area contributed by atoms with Gasteiger partial charge in [-0.25, -0.2) is 8.78 Å². The molecule has 1 heterocycles. The van der Waals surface area contributed by atoms with E-state index in [1.165, 1.54) is 17.8 Å². The molecule has 1 aromatic heterocycles. The lowest BCUT2D eigenvalue weighted by molar-refractivity contribution is -0.113. The number of aryl methyl sites for hydroxylation is 1. The van der Waals surface area contributed by atoms with E-state index in [0.29, 0.717) is 34.4 Å². The van der Waals surface area contributed by atoms with Crippen LogP contribution in [0.3, 0.4) is 0 Å². The molecule has 1 atom stereocenters. The van der Waals surface area contributed by atoms with Crippen molar-refractivity contribution in [2.75, 3.05) is 11.1 Å². The predicted octanol–water partition coefficient (Wildman–Crippen LogP) is 5.41.